The summed E-state index contributed by atoms with van der Waals surface area (Å²) in [4.78, 5) is 30.3. The van der Waals surface area contributed by atoms with Crippen molar-refractivity contribution in [3.63, 3.8) is 0 Å². The molecule has 0 atom stereocenters. The number of rotatable bonds is 6. The van der Waals surface area contributed by atoms with Crippen molar-refractivity contribution in [1.29, 1.82) is 0 Å². The highest BCUT2D eigenvalue weighted by Gasteiger charge is 2.20. The summed E-state index contributed by atoms with van der Waals surface area (Å²) in [6, 6.07) is 13.7. The van der Waals surface area contributed by atoms with Crippen LogP contribution in [0, 0.1) is 6.92 Å². The second-order valence-electron chi connectivity index (χ2n) is 7.02. The van der Waals surface area contributed by atoms with Crippen molar-refractivity contribution in [2.24, 2.45) is 0 Å². The molecule has 4 aromatic rings. The van der Waals surface area contributed by atoms with Crippen LogP contribution in [0.3, 0.4) is 0 Å². The number of anilines is 1. The van der Waals surface area contributed by atoms with Gasteiger partial charge in [0.25, 0.3) is 0 Å². The molecule has 3 heterocycles. The van der Waals surface area contributed by atoms with Gasteiger partial charge in [-0.3, -0.25) is 4.79 Å². The second-order valence-corrected chi connectivity index (χ2v) is 8.15. The molecule has 0 aliphatic rings. The molecule has 1 aromatic carbocycles. The molecule has 31 heavy (non-hydrogen) atoms. The number of carbonyl (C=O) groups is 2. The van der Waals surface area contributed by atoms with Gasteiger partial charge in [0.1, 0.15) is 11.5 Å². The van der Waals surface area contributed by atoms with Crippen LogP contribution in [0.5, 0.6) is 0 Å². The largest absolute Gasteiger partial charge is 0.465 e. The van der Waals surface area contributed by atoms with Crippen LogP contribution in [0.1, 0.15) is 27.9 Å². The summed E-state index contributed by atoms with van der Waals surface area (Å²) in [5, 5.41) is 8.80. The van der Waals surface area contributed by atoms with Crippen LogP contribution < -0.4 is 5.32 Å². The number of aryl methyl sites for hydroxylation is 2. The predicted octanol–water partition coefficient (Wildman–Crippen LogP) is 4.46. The highest BCUT2D eigenvalue weighted by Crippen LogP contribution is 2.31. The van der Waals surface area contributed by atoms with Crippen LogP contribution in [0.15, 0.2) is 48.7 Å². The maximum Gasteiger partial charge on any atom is 0.340 e. The maximum atomic E-state index is 12.8. The molecule has 0 spiro atoms. The third-order valence-corrected chi connectivity index (χ3v) is 6.17. The zero-order valence-electron chi connectivity index (χ0n) is 17.5. The quantitative estimate of drug-likeness (QED) is 0.453. The van der Waals surface area contributed by atoms with E-state index < -0.39 is 5.97 Å². The summed E-state index contributed by atoms with van der Waals surface area (Å²) in [6.45, 7) is 3.88. The molecule has 8 heteroatoms. The van der Waals surface area contributed by atoms with Crippen LogP contribution in [-0.4, -0.2) is 33.8 Å². The Morgan fingerprint density at radius 1 is 1.19 bits per heavy atom. The van der Waals surface area contributed by atoms with Gasteiger partial charge in [0.05, 0.1) is 18.4 Å². The van der Waals surface area contributed by atoms with Crippen LogP contribution in [0.2, 0.25) is 0 Å². The summed E-state index contributed by atoms with van der Waals surface area (Å²) in [5.41, 5.74) is 3.89. The standard InChI is InChI=1S/C23H22N4O3S/c1-4-16-12-18(23(29)30-3)22(31-16)25-19(28)13-27-21-20(14(2)26-27)17(10-11-24-21)15-8-6-5-7-9-15/h5-12H,4,13H2,1-3H3,(H,25,28). The SMILES string of the molecule is CCc1cc(C(=O)OC)c(NC(=O)Cn2nc(C)c3c(-c4ccccc4)ccnc32)s1. The predicted molar refractivity (Wildman–Crippen MR) is 121 cm³/mol. The van der Waals surface area contributed by atoms with E-state index >= 15 is 0 Å². The van der Waals surface area contributed by atoms with Gasteiger partial charge < -0.3 is 10.1 Å². The fourth-order valence-corrected chi connectivity index (χ4v) is 4.52. The van der Waals surface area contributed by atoms with E-state index in [4.69, 9.17) is 4.74 Å². The van der Waals surface area contributed by atoms with Gasteiger partial charge in [0.2, 0.25) is 5.91 Å². The Balaban J connectivity index is 1.64. The molecular weight excluding hydrogens is 412 g/mol. The number of ether oxygens (including phenoxy) is 1. The fraction of sp³-hybridized carbons (Fsp3) is 0.217. The highest BCUT2D eigenvalue weighted by atomic mass is 32.1. The molecule has 0 saturated carbocycles. The Morgan fingerprint density at radius 2 is 1.97 bits per heavy atom. The minimum absolute atomic E-state index is 0.0183. The summed E-state index contributed by atoms with van der Waals surface area (Å²) < 4.78 is 6.44. The number of amides is 1. The molecule has 0 aliphatic heterocycles. The lowest BCUT2D eigenvalue weighted by molar-refractivity contribution is -0.116. The molecule has 0 fully saturated rings. The first-order valence-electron chi connectivity index (χ1n) is 9.90. The molecule has 7 nitrogen and oxygen atoms in total. The number of hydrogen-bond donors (Lipinski definition) is 1. The maximum absolute atomic E-state index is 12.8. The van der Waals surface area contributed by atoms with Crippen molar-refractivity contribution in [2.75, 3.05) is 12.4 Å². The summed E-state index contributed by atoms with van der Waals surface area (Å²) in [5.74, 6) is -0.758. The van der Waals surface area contributed by atoms with Gasteiger partial charge in [-0.15, -0.1) is 11.3 Å². The van der Waals surface area contributed by atoms with Crippen LogP contribution in [0.4, 0.5) is 5.00 Å². The molecule has 0 bridgehead atoms. The Morgan fingerprint density at radius 3 is 2.68 bits per heavy atom. The van der Waals surface area contributed by atoms with Gasteiger partial charge in [-0.05, 0) is 36.6 Å². The van der Waals surface area contributed by atoms with Crippen molar-refractivity contribution in [2.45, 2.75) is 26.8 Å². The lowest BCUT2D eigenvalue weighted by Gasteiger charge is -2.07. The number of pyridine rings is 1. The van der Waals surface area contributed by atoms with Crippen molar-refractivity contribution < 1.29 is 14.3 Å². The van der Waals surface area contributed by atoms with E-state index in [0.717, 1.165) is 33.5 Å². The van der Waals surface area contributed by atoms with Gasteiger partial charge in [-0.2, -0.15) is 5.10 Å². The third-order valence-electron chi connectivity index (χ3n) is 4.98. The van der Waals surface area contributed by atoms with Crippen molar-refractivity contribution in [3.05, 3.63) is 64.8 Å². The molecule has 0 aliphatic carbocycles. The molecular formula is C23H22N4O3S. The number of aromatic nitrogens is 3. The van der Waals surface area contributed by atoms with Crippen molar-refractivity contribution >= 4 is 39.2 Å². The number of benzene rings is 1. The van der Waals surface area contributed by atoms with Crippen LogP contribution in [-0.2, 0) is 22.5 Å². The average Bonchev–Trinajstić information content (AvgIpc) is 3.34. The first-order chi connectivity index (χ1) is 15.0. The van der Waals surface area contributed by atoms with E-state index in [1.165, 1.54) is 18.4 Å². The lowest BCUT2D eigenvalue weighted by atomic mass is 10.0. The number of nitrogens with zero attached hydrogens (tertiary/aromatic N) is 3. The normalized spacial score (nSPS) is 10.9. The number of esters is 1. The topological polar surface area (TPSA) is 86.1 Å². The van der Waals surface area contributed by atoms with E-state index in [9.17, 15) is 9.59 Å². The van der Waals surface area contributed by atoms with Gasteiger partial charge in [0, 0.05) is 16.5 Å². The van der Waals surface area contributed by atoms with E-state index in [0.29, 0.717) is 16.2 Å². The number of hydrogen-bond acceptors (Lipinski definition) is 6. The second kappa shape index (κ2) is 8.69. The van der Waals surface area contributed by atoms with Gasteiger partial charge in [0.15, 0.2) is 5.65 Å². The first-order valence-corrected chi connectivity index (χ1v) is 10.7. The zero-order valence-corrected chi connectivity index (χ0v) is 18.3. The number of nitrogens with one attached hydrogen (secondary N) is 1. The molecule has 1 N–H and O–H groups in total. The van der Waals surface area contributed by atoms with E-state index in [1.54, 1.807) is 16.9 Å². The van der Waals surface area contributed by atoms with Crippen molar-refractivity contribution in [3.8, 4) is 11.1 Å². The number of thiophene rings is 1. The van der Waals surface area contributed by atoms with Crippen LogP contribution in [0.25, 0.3) is 22.2 Å². The molecule has 4 rings (SSSR count). The first kappa shape index (κ1) is 20.7. The third kappa shape index (κ3) is 4.06. The Labute approximate surface area is 183 Å². The Kier molecular flexibility index (Phi) is 5.81. The Bertz CT molecular complexity index is 1260. The minimum atomic E-state index is -0.471. The van der Waals surface area contributed by atoms with Gasteiger partial charge >= 0.3 is 5.97 Å². The van der Waals surface area contributed by atoms with E-state index in [2.05, 4.69) is 15.4 Å². The fourth-order valence-electron chi connectivity index (χ4n) is 3.52. The zero-order chi connectivity index (χ0) is 22.0. The molecule has 1 amide bonds. The van der Waals surface area contributed by atoms with E-state index in [-0.39, 0.29) is 12.5 Å². The van der Waals surface area contributed by atoms with Crippen LogP contribution >= 0.6 is 11.3 Å². The number of methoxy groups -OCH3 is 1. The molecule has 158 valence electrons. The number of fused-ring (bicyclic) bond motifs is 1. The molecule has 3 aromatic heterocycles. The number of carbonyl (C=O) groups excluding carboxylic acids is 2. The summed E-state index contributed by atoms with van der Waals surface area (Å²) in [6.07, 6.45) is 2.49. The molecule has 0 unspecified atom stereocenters. The highest BCUT2D eigenvalue weighted by molar-refractivity contribution is 7.16. The Hall–Kier alpha value is -3.52. The van der Waals surface area contributed by atoms with Gasteiger partial charge in [-0.1, -0.05) is 37.3 Å². The smallest absolute Gasteiger partial charge is 0.340 e. The molecule has 0 saturated heterocycles. The van der Waals surface area contributed by atoms with E-state index in [1.807, 2.05) is 50.2 Å². The minimum Gasteiger partial charge on any atom is -0.465 e. The van der Waals surface area contributed by atoms with Gasteiger partial charge in [-0.25, -0.2) is 14.5 Å². The molecule has 0 radical (unpaired) electrons. The van der Waals surface area contributed by atoms with Crippen molar-refractivity contribution in [1.82, 2.24) is 14.8 Å². The lowest BCUT2D eigenvalue weighted by Crippen LogP contribution is -2.20. The summed E-state index contributed by atoms with van der Waals surface area (Å²) >= 11 is 1.37. The monoisotopic (exact) mass is 434 g/mol. The summed E-state index contributed by atoms with van der Waals surface area (Å²) in [7, 11) is 1.33. The average molecular weight is 435 g/mol.